The van der Waals surface area contributed by atoms with Gasteiger partial charge in [0, 0.05) is 18.5 Å². The third kappa shape index (κ3) is 3.43. The maximum Gasteiger partial charge on any atom is 0.0597 e. The molecule has 1 aliphatic heterocycles. The third-order valence-corrected chi connectivity index (χ3v) is 4.27. The molecule has 2 rings (SSSR count). The zero-order valence-electron chi connectivity index (χ0n) is 11.3. The van der Waals surface area contributed by atoms with Gasteiger partial charge in [-0.3, -0.25) is 4.90 Å². The Bertz CT molecular complexity index is 232. The maximum atomic E-state index is 10.0. The second-order valence-corrected chi connectivity index (χ2v) is 5.83. The topological polar surface area (TPSA) is 32.7 Å². The molecule has 17 heavy (non-hydrogen) atoms. The molecule has 2 aliphatic rings. The van der Waals surface area contributed by atoms with E-state index in [0.29, 0.717) is 18.1 Å². The second-order valence-electron chi connectivity index (χ2n) is 5.83. The zero-order valence-corrected chi connectivity index (χ0v) is 11.3. The number of ether oxygens (including phenoxy) is 1. The maximum absolute atomic E-state index is 10.0. The van der Waals surface area contributed by atoms with Crippen LogP contribution in [-0.2, 0) is 4.74 Å². The van der Waals surface area contributed by atoms with Gasteiger partial charge in [0.05, 0.1) is 18.8 Å². The van der Waals surface area contributed by atoms with Crippen LogP contribution < -0.4 is 0 Å². The Morgan fingerprint density at radius 1 is 1.24 bits per heavy atom. The Labute approximate surface area is 105 Å². The molecule has 0 aromatic rings. The molecule has 0 bridgehead atoms. The summed E-state index contributed by atoms with van der Waals surface area (Å²) >= 11 is 0. The Morgan fingerprint density at radius 2 is 2.06 bits per heavy atom. The third-order valence-electron chi connectivity index (χ3n) is 4.27. The van der Waals surface area contributed by atoms with E-state index in [1.54, 1.807) is 0 Å². The van der Waals surface area contributed by atoms with Crippen LogP contribution in [0.5, 0.6) is 0 Å². The van der Waals surface area contributed by atoms with Crippen LogP contribution in [0.3, 0.4) is 0 Å². The van der Waals surface area contributed by atoms with Gasteiger partial charge in [-0.2, -0.15) is 0 Å². The van der Waals surface area contributed by atoms with Crippen molar-refractivity contribution in [2.45, 2.75) is 64.2 Å². The molecule has 3 heteroatoms. The average Bonchev–Trinajstić information content (AvgIpc) is 2.86. The lowest BCUT2D eigenvalue weighted by atomic mass is 9.94. The Balaban J connectivity index is 1.80. The SMILES string of the molecule is CC(C)OCCN1CCCC1C1CCCC1O. The van der Waals surface area contributed by atoms with Gasteiger partial charge >= 0.3 is 0 Å². The van der Waals surface area contributed by atoms with Crippen molar-refractivity contribution < 1.29 is 9.84 Å². The fourth-order valence-electron chi connectivity index (χ4n) is 3.44. The fraction of sp³-hybridized carbons (Fsp3) is 1.00. The minimum Gasteiger partial charge on any atom is -0.393 e. The predicted molar refractivity (Wildman–Crippen MR) is 69.0 cm³/mol. The normalized spacial score (nSPS) is 34.9. The summed E-state index contributed by atoms with van der Waals surface area (Å²) in [6.45, 7) is 7.22. The first-order valence-corrected chi connectivity index (χ1v) is 7.22. The van der Waals surface area contributed by atoms with Gasteiger partial charge in [-0.05, 0) is 46.1 Å². The van der Waals surface area contributed by atoms with Gasteiger partial charge < -0.3 is 9.84 Å². The first-order valence-electron chi connectivity index (χ1n) is 7.22. The number of hydrogen-bond donors (Lipinski definition) is 1. The summed E-state index contributed by atoms with van der Waals surface area (Å²) < 4.78 is 5.64. The number of hydrogen-bond acceptors (Lipinski definition) is 3. The lowest BCUT2D eigenvalue weighted by molar-refractivity contribution is 0.0339. The van der Waals surface area contributed by atoms with E-state index in [9.17, 15) is 5.11 Å². The quantitative estimate of drug-likeness (QED) is 0.799. The van der Waals surface area contributed by atoms with Crippen LogP contribution in [0.15, 0.2) is 0 Å². The molecule has 0 aromatic carbocycles. The smallest absolute Gasteiger partial charge is 0.0597 e. The van der Waals surface area contributed by atoms with E-state index in [1.165, 1.54) is 32.2 Å². The Hall–Kier alpha value is -0.120. The molecule has 0 radical (unpaired) electrons. The molecule has 0 amide bonds. The molecule has 3 nitrogen and oxygen atoms in total. The summed E-state index contributed by atoms with van der Waals surface area (Å²) in [5, 5.41) is 10.0. The zero-order chi connectivity index (χ0) is 12.3. The van der Waals surface area contributed by atoms with Crippen molar-refractivity contribution in [3.05, 3.63) is 0 Å². The number of likely N-dealkylation sites (tertiary alicyclic amines) is 1. The van der Waals surface area contributed by atoms with Crippen molar-refractivity contribution in [1.82, 2.24) is 4.90 Å². The summed E-state index contributed by atoms with van der Waals surface area (Å²) in [6, 6.07) is 0.614. The summed E-state index contributed by atoms with van der Waals surface area (Å²) in [4.78, 5) is 2.54. The standard InChI is InChI=1S/C14H27NO2/c1-11(2)17-10-9-15-8-4-6-13(15)12-5-3-7-14(12)16/h11-14,16H,3-10H2,1-2H3. The number of nitrogens with zero attached hydrogens (tertiary/aromatic N) is 1. The highest BCUT2D eigenvalue weighted by Gasteiger charge is 2.37. The van der Waals surface area contributed by atoms with Crippen LogP contribution in [0.2, 0.25) is 0 Å². The van der Waals surface area contributed by atoms with Gasteiger partial charge in [0.15, 0.2) is 0 Å². The summed E-state index contributed by atoms with van der Waals surface area (Å²) in [5.41, 5.74) is 0. The molecule has 0 aromatic heterocycles. The van der Waals surface area contributed by atoms with E-state index in [1.807, 2.05) is 0 Å². The average molecular weight is 241 g/mol. The minimum absolute atomic E-state index is 0.0494. The molecule has 1 saturated heterocycles. The molecule has 3 unspecified atom stereocenters. The lowest BCUT2D eigenvalue weighted by Crippen LogP contribution is -2.40. The van der Waals surface area contributed by atoms with Crippen molar-refractivity contribution in [2.24, 2.45) is 5.92 Å². The van der Waals surface area contributed by atoms with E-state index < -0.39 is 0 Å². The molecule has 1 N–H and O–H groups in total. The fourth-order valence-corrected chi connectivity index (χ4v) is 3.44. The van der Waals surface area contributed by atoms with Crippen LogP contribution in [-0.4, -0.2) is 48.0 Å². The number of aliphatic hydroxyl groups excluding tert-OH is 1. The first kappa shape index (κ1) is 13.3. The van der Waals surface area contributed by atoms with E-state index >= 15 is 0 Å². The molecule has 1 aliphatic carbocycles. The van der Waals surface area contributed by atoms with Gasteiger partial charge in [-0.1, -0.05) is 6.42 Å². The van der Waals surface area contributed by atoms with Crippen LogP contribution in [0.4, 0.5) is 0 Å². The van der Waals surface area contributed by atoms with Crippen LogP contribution in [0.1, 0.15) is 46.0 Å². The lowest BCUT2D eigenvalue weighted by Gasteiger charge is -2.31. The Morgan fingerprint density at radius 3 is 2.71 bits per heavy atom. The summed E-state index contributed by atoms with van der Waals surface area (Å²) in [5.74, 6) is 0.525. The van der Waals surface area contributed by atoms with Gasteiger partial charge in [-0.25, -0.2) is 0 Å². The molecule has 1 heterocycles. The largest absolute Gasteiger partial charge is 0.393 e. The molecular weight excluding hydrogens is 214 g/mol. The second kappa shape index (κ2) is 6.17. The van der Waals surface area contributed by atoms with E-state index in [2.05, 4.69) is 18.7 Å². The first-order chi connectivity index (χ1) is 8.18. The van der Waals surface area contributed by atoms with Gasteiger partial charge in [0.1, 0.15) is 0 Å². The molecule has 100 valence electrons. The van der Waals surface area contributed by atoms with Crippen LogP contribution in [0, 0.1) is 5.92 Å². The van der Waals surface area contributed by atoms with Crippen molar-refractivity contribution in [2.75, 3.05) is 19.7 Å². The molecule has 2 fully saturated rings. The highest BCUT2D eigenvalue weighted by molar-refractivity contribution is 4.91. The van der Waals surface area contributed by atoms with Crippen LogP contribution in [0.25, 0.3) is 0 Å². The van der Waals surface area contributed by atoms with Crippen molar-refractivity contribution in [3.8, 4) is 0 Å². The van der Waals surface area contributed by atoms with Gasteiger partial charge in [0.2, 0.25) is 0 Å². The van der Waals surface area contributed by atoms with Crippen molar-refractivity contribution in [1.29, 1.82) is 0 Å². The van der Waals surface area contributed by atoms with E-state index in [-0.39, 0.29) is 6.10 Å². The summed E-state index contributed by atoms with van der Waals surface area (Å²) in [6.07, 6.45) is 6.27. The number of rotatable bonds is 5. The molecule has 0 spiro atoms. The van der Waals surface area contributed by atoms with Gasteiger partial charge in [-0.15, -0.1) is 0 Å². The highest BCUT2D eigenvalue weighted by atomic mass is 16.5. The molecule has 3 atom stereocenters. The van der Waals surface area contributed by atoms with Gasteiger partial charge in [0.25, 0.3) is 0 Å². The minimum atomic E-state index is -0.0494. The summed E-state index contributed by atoms with van der Waals surface area (Å²) in [7, 11) is 0. The molecular formula is C14H27NO2. The van der Waals surface area contributed by atoms with Crippen LogP contribution >= 0.6 is 0 Å². The highest BCUT2D eigenvalue weighted by Crippen LogP contribution is 2.35. The predicted octanol–water partition coefficient (Wildman–Crippen LogP) is 2.04. The Kier molecular flexibility index (Phi) is 4.83. The van der Waals surface area contributed by atoms with Crippen molar-refractivity contribution >= 4 is 0 Å². The van der Waals surface area contributed by atoms with E-state index in [4.69, 9.17) is 4.74 Å². The molecule has 1 saturated carbocycles. The monoisotopic (exact) mass is 241 g/mol. The van der Waals surface area contributed by atoms with Crippen molar-refractivity contribution in [3.63, 3.8) is 0 Å². The van der Waals surface area contributed by atoms with E-state index in [0.717, 1.165) is 19.6 Å². The number of aliphatic hydroxyl groups is 1.